The number of aryl methyl sites for hydroxylation is 1. The molecule has 4 aromatic rings. The topological polar surface area (TPSA) is 123 Å². The minimum atomic E-state index is -3.88. The fourth-order valence-electron chi connectivity index (χ4n) is 6.07. The Morgan fingerprint density at radius 2 is 1.72 bits per heavy atom. The molecule has 2 aliphatic rings. The second-order valence-corrected chi connectivity index (χ2v) is 16.0. The largest absolute Gasteiger partial charge is 0.444 e. The molecule has 1 saturated heterocycles. The number of hydrogen-bond acceptors (Lipinski definition) is 9. The van der Waals surface area contributed by atoms with Crippen molar-refractivity contribution in [2.45, 2.75) is 89.4 Å². The van der Waals surface area contributed by atoms with E-state index in [4.69, 9.17) is 9.72 Å². The molecule has 1 aromatic carbocycles. The number of halogens is 1. The number of fused-ring (bicyclic) bond motifs is 1. The summed E-state index contributed by atoms with van der Waals surface area (Å²) >= 11 is 3.56. The Bertz CT molecular complexity index is 1870. The molecule has 244 valence electrons. The van der Waals surface area contributed by atoms with Gasteiger partial charge in [-0.3, -0.25) is 4.90 Å². The lowest BCUT2D eigenvalue weighted by Crippen LogP contribution is -2.59. The number of aromatic nitrogens is 4. The molecule has 6 rings (SSSR count). The average Bonchev–Trinajstić information content (AvgIpc) is 3.77. The van der Waals surface area contributed by atoms with Gasteiger partial charge in [0.1, 0.15) is 23.6 Å². The molecular weight excluding hydrogens is 670 g/mol. The van der Waals surface area contributed by atoms with Crippen molar-refractivity contribution >= 4 is 54.7 Å². The third-order valence-electron chi connectivity index (χ3n) is 8.37. The third-order valence-corrected chi connectivity index (χ3v) is 10.6. The monoisotopic (exact) mass is 709 g/mol. The number of nitrogens with zero attached hydrogens (tertiary/aromatic N) is 6. The van der Waals surface area contributed by atoms with Gasteiger partial charge >= 0.3 is 6.09 Å². The fraction of sp³-hybridized carbons (Fsp3) is 0.455. The summed E-state index contributed by atoms with van der Waals surface area (Å²) in [6.45, 7) is 13.3. The van der Waals surface area contributed by atoms with E-state index in [2.05, 4.69) is 48.2 Å². The van der Waals surface area contributed by atoms with E-state index in [1.807, 2.05) is 46.4 Å². The van der Waals surface area contributed by atoms with Crippen molar-refractivity contribution in [1.29, 1.82) is 0 Å². The Morgan fingerprint density at radius 1 is 1.04 bits per heavy atom. The summed E-state index contributed by atoms with van der Waals surface area (Å²) in [5.41, 5.74) is 2.82. The van der Waals surface area contributed by atoms with Crippen LogP contribution in [0.5, 0.6) is 0 Å². The summed E-state index contributed by atoms with van der Waals surface area (Å²) in [5, 5.41) is 4.00. The molecule has 1 N–H and O–H groups in total. The van der Waals surface area contributed by atoms with Crippen molar-refractivity contribution in [1.82, 2.24) is 23.8 Å². The van der Waals surface area contributed by atoms with E-state index in [0.29, 0.717) is 41.2 Å². The van der Waals surface area contributed by atoms with E-state index >= 15 is 0 Å². The van der Waals surface area contributed by atoms with Crippen LogP contribution in [-0.4, -0.2) is 69.1 Å². The lowest BCUT2D eigenvalue weighted by atomic mass is 10.1. The van der Waals surface area contributed by atoms with E-state index in [1.165, 1.54) is 22.1 Å². The first-order valence-corrected chi connectivity index (χ1v) is 17.8. The number of pyridine rings is 1. The maximum absolute atomic E-state index is 13.6. The molecule has 1 saturated carbocycles. The highest BCUT2D eigenvalue weighted by Gasteiger charge is 2.36. The number of ether oxygens (including phenoxy) is 1. The van der Waals surface area contributed by atoms with Crippen LogP contribution >= 0.6 is 15.9 Å². The van der Waals surface area contributed by atoms with Crippen LogP contribution in [-0.2, 0) is 21.3 Å². The van der Waals surface area contributed by atoms with Crippen molar-refractivity contribution in [3.8, 4) is 0 Å². The molecule has 0 radical (unpaired) electrons. The van der Waals surface area contributed by atoms with Gasteiger partial charge in [0.05, 0.1) is 34.6 Å². The Labute approximate surface area is 278 Å². The van der Waals surface area contributed by atoms with Crippen LogP contribution in [0, 0.1) is 6.92 Å². The number of benzene rings is 1. The number of nitrogens with one attached hydrogen (secondary N) is 1. The quantitative estimate of drug-likeness (QED) is 0.230. The standard InChI is InChI=1S/C33H40BrN7O4S/c1-20-7-11-24(12-8-20)46(43,44)40-18-26(34)29-30(36-19-37-31(29)40)35-15-27-25(23-9-10-23)13-14-28(38-27)39-16-21(2)41(22(3)17-39)32(42)45-33(4,5)6/h7-8,11-14,18-19,21-23H,9-10,15-17H2,1-6H3,(H,35,36,37)/t21-,22+. The number of hydrogen-bond donors (Lipinski definition) is 1. The molecule has 13 heteroatoms. The number of rotatable bonds is 7. The average molecular weight is 711 g/mol. The zero-order valence-electron chi connectivity index (χ0n) is 27.0. The fourth-order valence-corrected chi connectivity index (χ4v) is 8.09. The molecule has 1 aliphatic heterocycles. The van der Waals surface area contributed by atoms with E-state index in [1.54, 1.807) is 24.3 Å². The molecule has 1 amide bonds. The maximum atomic E-state index is 13.6. The summed E-state index contributed by atoms with van der Waals surface area (Å²) in [6.07, 6.45) is 4.85. The maximum Gasteiger partial charge on any atom is 0.410 e. The zero-order valence-corrected chi connectivity index (χ0v) is 29.4. The van der Waals surface area contributed by atoms with Gasteiger partial charge in [0.25, 0.3) is 10.0 Å². The Hall–Kier alpha value is -3.71. The molecule has 3 aromatic heterocycles. The van der Waals surface area contributed by atoms with Crippen LogP contribution in [0.2, 0.25) is 0 Å². The zero-order chi connectivity index (χ0) is 33.0. The van der Waals surface area contributed by atoms with E-state index in [0.717, 1.165) is 29.9 Å². The van der Waals surface area contributed by atoms with Crippen LogP contribution in [0.1, 0.15) is 70.2 Å². The van der Waals surface area contributed by atoms with Crippen LogP contribution in [0.3, 0.4) is 0 Å². The summed E-state index contributed by atoms with van der Waals surface area (Å²) in [6, 6.07) is 10.9. The van der Waals surface area contributed by atoms with Gasteiger partial charge in [0.15, 0.2) is 5.65 Å². The number of anilines is 2. The van der Waals surface area contributed by atoms with E-state index < -0.39 is 15.6 Å². The number of carbonyl (C=O) groups is 1. The van der Waals surface area contributed by atoms with Gasteiger partial charge in [-0.15, -0.1) is 0 Å². The van der Waals surface area contributed by atoms with Gasteiger partial charge in [0, 0.05) is 23.8 Å². The molecule has 1 aliphatic carbocycles. The first kappa shape index (κ1) is 32.2. The molecule has 2 fully saturated rings. The lowest BCUT2D eigenvalue weighted by Gasteiger charge is -2.45. The molecular formula is C33H40BrN7O4S. The van der Waals surface area contributed by atoms with Gasteiger partial charge in [0.2, 0.25) is 0 Å². The molecule has 46 heavy (non-hydrogen) atoms. The molecule has 11 nitrogen and oxygen atoms in total. The van der Waals surface area contributed by atoms with Crippen LogP contribution in [0.25, 0.3) is 11.0 Å². The van der Waals surface area contributed by atoms with Crippen molar-refractivity contribution in [2.75, 3.05) is 23.3 Å². The summed E-state index contributed by atoms with van der Waals surface area (Å²) in [5.74, 6) is 1.84. The molecule has 2 atom stereocenters. The van der Waals surface area contributed by atoms with Gasteiger partial charge in [-0.2, -0.15) is 0 Å². The lowest BCUT2D eigenvalue weighted by molar-refractivity contribution is 0.00559. The van der Waals surface area contributed by atoms with Gasteiger partial charge < -0.3 is 15.0 Å². The molecule has 0 bridgehead atoms. The predicted molar refractivity (Wildman–Crippen MR) is 182 cm³/mol. The van der Waals surface area contributed by atoms with E-state index in [9.17, 15) is 13.2 Å². The number of piperazine rings is 1. The van der Waals surface area contributed by atoms with Crippen LogP contribution < -0.4 is 10.2 Å². The van der Waals surface area contributed by atoms with Crippen molar-refractivity contribution in [3.05, 3.63) is 70.2 Å². The summed E-state index contributed by atoms with van der Waals surface area (Å²) in [4.78, 5) is 31.2. The number of carbonyl (C=O) groups excluding carboxylic acids is 1. The third kappa shape index (κ3) is 6.44. The highest BCUT2D eigenvalue weighted by atomic mass is 79.9. The molecule has 4 heterocycles. The smallest absolute Gasteiger partial charge is 0.410 e. The minimum absolute atomic E-state index is 0.0584. The van der Waals surface area contributed by atoms with Crippen molar-refractivity contribution < 1.29 is 17.9 Å². The van der Waals surface area contributed by atoms with Gasteiger partial charge in [-0.05, 0) is 100.0 Å². The Balaban J connectivity index is 1.25. The van der Waals surface area contributed by atoms with Gasteiger partial charge in [-0.25, -0.2) is 32.1 Å². The van der Waals surface area contributed by atoms with Crippen LogP contribution in [0.15, 0.2) is 58.3 Å². The van der Waals surface area contributed by atoms with Gasteiger partial charge in [-0.1, -0.05) is 23.8 Å². The SMILES string of the molecule is Cc1ccc(S(=O)(=O)n2cc(Br)c3c(NCc4nc(N5C[C@@H](C)N(C(=O)OC(C)(C)C)[C@@H](C)C5)ccc4C4CC4)ncnc32)cc1. The second kappa shape index (κ2) is 12.1. The summed E-state index contributed by atoms with van der Waals surface area (Å²) in [7, 11) is -3.88. The predicted octanol–water partition coefficient (Wildman–Crippen LogP) is 6.46. The first-order chi connectivity index (χ1) is 21.7. The minimum Gasteiger partial charge on any atom is -0.444 e. The van der Waals surface area contributed by atoms with E-state index in [-0.39, 0.29) is 28.7 Å². The highest BCUT2D eigenvalue weighted by Crippen LogP contribution is 2.42. The van der Waals surface area contributed by atoms with Crippen LogP contribution in [0.4, 0.5) is 16.4 Å². The molecule has 0 spiro atoms. The highest BCUT2D eigenvalue weighted by molar-refractivity contribution is 9.10. The second-order valence-electron chi connectivity index (χ2n) is 13.3. The normalized spacial score (nSPS) is 19.0. The van der Waals surface area contributed by atoms with Crippen molar-refractivity contribution in [2.24, 2.45) is 0 Å². The Morgan fingerprint density at radius 3 is 2.35 bits per heavy atom. The Kier molecular flexibility index (Phi) is 8.51. The summed E-state index contributed by atoms with van der Waals surface area (Å²) < 4.78 is 34.6. The number of amides is 1. The molecule has 0 unspecified atom stereocenters. The first-order valence-electron chi connectivity index (χ1n) is 15.6. The van der Waals surface area contributed by atoms with Crippen molar-refractivity contribution in [3.63, 3.8) is 0 Å².